The van der Waals surface area contributed by atoms with Crippen LogP contribution in [0.25, 0.3) is 0 Å². The summed E-state index contributed by atoms with van der Waals surface area (Å²) in [7, 11) is 0. The maximum Gasteiger partial charge on any atom is 0.226 e. The molecule has 1 amide bonds. The highest BCUT2D eigenvalue weighted by Gasteiger charge is 2.30. The lowest BCUT2D eigenvalue weighted by Gasteiger charge is -2.36. The van der Waals surface area contributed by atoms with E-state index in [2.05, 4.69) is 21.6 Å². The van der Waals surface area contributed by atoms with Crippen LogP contribution in [-0.4, -0.2) is 31.6 Å². The first-order valence-electron chi connectivity index (χ1n) is 8.47. The fourth-order valence-electron chi connectivity index (χ4n) is 3.38. The van der Waals surface area contributed by atoms with Crippen LogP contribution < -0.4 is 20.3 Å². The molecule has 130 valence electrons. The molecule has 4 rings (SSSR count). The molecule has 0 saturated carbocycles. The van der Waals surface area contributed by atoms with Crippen molar-refractivity contribution in [2.75, 3.05) is 29.9 Å². The van der Waals surface area contributed by atoms with E-state index < -0.39 is 0 Å². The second kappa shape index (κ2) is 6.72. The number of benzene rings is 2. The molecular weight excluding hydrogens is 321 g/mol. The number of nitrogens with one attached hydrogen (secondary N) is 2. The zero-order chi connectivity index (χ0) is 17.2. The Kier molecular flexibility index (Phi) is 4.28. The molecule has 1 unspecified atom stereocenters. The summed E-state index contributed by atoms with van der Waals surface area (Å²) in [6.07, 6.45) is 0.489. The smallest absolute Gasteiger partial charge is 0.226 e. The quantitative estimate of drug-likeness (QED) is 0.901. The third kappa shape index (κ3) is 3.44. The minimum Gasteiger partial charge on any atom is -0.489 e. The molecule has 1 saturated heterocycles. The summed E-state index contributed by atoms with van der Waals surface area (Å²) in [5.74, 6) is 0.398. The van der Waals surface area contributed by atoms with Crippen LogP contribution in [0.3, 0.4) is 0 Å². The van der Waals surface area contributed by atoms with Gasteiger partial charge >= 0.3 is 0 Å². The summed E-state index contributed by atoms with van der Waals surface area (Å²) >= 11 is 0. The molecule has 2 aromatic carbocycles. The van der Waals surface area contributed by atoms with Gasteiger partial charge in [-0.15, -0.1) is 0 Å². The number of anilines is 2. The summed E-state index contributed by atoms with van der Waals surface area (Å²) in [6.45, 7) is 2.97. The van der Waals surface area contributed by atoms with Crippen LogP contribution in [-0.2, 0) is 11.4 Å². The number of rotatable bonds is 3. The van der Waals surface area contributed by atoms with Crippen molar-refractivity contribution >= 4 is 17.3 Å². The van der Waals surface area contributed by atoms with Crippen LogP contribution in [0.5, 0.6) is 5.75 Å². The van der Waals surface area contributed by atoms with Gasteiger partial charge in [0.25, 0.3) is 0 Å². The Bertz CT molecular complexity index is 779. The molecule has 2 aliphatic rings. The van der Waals surface area contributed by atoms with Crippen molar-refractivity contribution in [2.24, 2.45) is 0 Å². The Balaban J connectivity index is 1.56. The lowest BCUT2D eigenvalue weighted by atomic mass is 10.1. The number of piperazine rings is 1. The van der Waals surface area contributed by atoms with E-state index in [1.807, 2.05) is 12.1 Å². The van der Waals surface area contributed by atoms with E-state index in [-0.39, 0.29) is 17.8 Å². The topological polar surface area (TPSA) is 53.6 Å². The average molecular weight is 341 g/mol. The number of hydrogen-bond acceptors (Lipinski definition) is 4. The molecule has 0 aromatic heterocycles. The van der Waals surface area contributed by atoms with Crippen LogP contribution >= 0.6 is 0 Å². The van der Waals surface area contributed by atoms with Gasteiger partial charge in [0.1, 0.15) is 18.2 Å². The van der Waals surface area contributed by atoms with Gasteiger partial charge in [-0.1, -0.05) is 6.07 Å². The summed E-state index contributed by atoms with van der Waals surface area (Å²) in [5, 5.41) is 6.35. The molecule has 2 heterocycles. The van der Waals surface area contributed by atoms with Crippen molar-refractivity contribution in [2.45, 2.75) is 19.1 Å². The maximum absolute atomic E-state index is 13.0. The number of nitrogens with zero attached hydrogens (tertiary/aromatic N) is 1. The number of amides is 1. The Labute approximate surface area is 145 Å². The van der Waals surface area contributed by atoms with E-state index >= 15 is 0 Å². The first-order chi connectivity index (χ1) is 12.2. The molecule has 5 nitrogen and oxygen atoms in total. The Morgan fingerprint density at radius 2 is 2.04 bits per heavy atom. The van der Waals surface area contributed by atoms with Gasteiger partial charge in [-0.05, 0) is 42.0 Å². The van der Waals surface area contributed by atoms with Gasteiger partial charge < -0.3 is 20.3 Å². The molecule has 2 aromatic rings. The Morgan fingerprint density at radius 3 is 2.88 bits per heavy atom. The molecule has 25 heavy (non-hydrogen) atoms. The van der Waals surface area contributed by atoms with Crippen LogP contribution in [0.1, 0.15) is 12.0 Å². The predicted octanol–water partition coefficient (Wildman–Crippen LogP) is 2.53. The van der Waals surface area contributed by atoms with Crippen LogP contribution in [0, 0.1) is 5.82 Å². The Morgan fingerprint density at radius 1 is 1.20 bits per heavy atom. The largest absolute Gasteiger partial charge is 0.489 e. The van der Waals surface area contributed by atoms with E-state index in [1.165, 1.54) is 12.1 Å². The Hall–Kier alpha value is -2.60. The second-order valence-corrected chi connectivity index (χ2v) is 6.40. The van der Waals surface area contributed by atoms with E-state index in [9.17, 15) is 9.18 Å². The molecule has 0 bridgehead atoms. The number of carbonyl (C=O) groups is 1. The minimum absolute atomic E-state index is 0.0489. The van der Waals surface area contributed by atoms with E-state index in [0.29, 0.717) is 18.8 Å². The third-order valence-electron chi connectivity index (χ3n) is 4.64. The number of fused-ring (bicyclic) bond motifs is 3. The first-order valence-corrected chi connectivity index (χ1v) is 8.47. The molecule has 0 spiro atoms. The lowest BCUT2D eigenvalue weighted by Crippen LogP contribution is -2.51. The van der Waals surface area contributed by atoms with Crippen LogP contribution in [0.4, 0.5) is 15.8 Å². The average Bonchev–Trinajstić information content (AvgIpc) is 2.76. The number of hydrogen-bond donors (Lipinski definition) is 2. The van der Waals surface area contributed by atoms with E-state index in [1.54, 1.807) is 12.1 Å². The molecule has 0 aliphatic carbocycles. The van der Waals surface area contributed by atoms with Crippen LogP contribution in [0.2, 0.25) is 0 Å². The second-order valence-electron chi connectivity index (χ2n) is 6.40. The number of halogens is 1. The molecule has 2 aliphatic heterocycles. The van der Waals surface area contributed by atoms with E-state index in [4.69, 9.17) is 4.74 Å². The normalized spacial score (nSPS) is 19.5. The molecule has 6 heteroatoms. The SMILES string of the molecule is O=C1CC2CNCCN2c2cc(COc3ccc(F)cc3)ccc2N1. The predicted molar refractivity (Wildman–Crippen MR) is 94.4 cm³/mol. The van der Waals surface area contributed by atoms with Gasteiger partial charge in [-0.2, -0.15) is 0 Å². The minimum atomic E-state index is -0.280. The van der Waals surface area contributed by atoms with Crippen molar-refractivity contribution in [3.05, 3.63) is 53.8 Å². The highest BCUT2D eigenvalue weighted by Crippen LogP contribution is 2.33. The van der Waals surface area contributed by atoms with Gasteiger partial charge in [-0.3, -0.25) is 4.79 Å². The van der Waals surface area contributed by atoms with Gasteiger partial charge in [0, 0.05) is 26.1 Å². The van der Waals surface area contributed by atoms with E-state index in [0.717, 1.165) is 36.6 Å². The summed E-state index contributed by atoms with van der Waals surface area (Å²) in [4.78, 5) is 14.4. The van der Waals surface area contributed by atoms with Gasteiger partial charge in [0.05, 0.1) is 17.4 Å². The molecule has 0 radical (unpaired) electrons. The summed E-state index contributed by atoms with van der Waals surface area (Å²) < 4.78 is 18.7. The highest BCUT2D eigenvalue weighted by atomic mass is 19.1. The fourth-order valence-corrected chi connectivity index (χ4v) is 3.38. The maximum atomic E-state index is 13.0. The molecule has 1 atom stereocenters. The molecular formula is C19H20FN3O2. The first kappa shape index (κ1) is 15.9. The number of ether oxygens (including phenoxy) is 1. The van der Waals surface area contributed by atoms with Crippen molar-refractivity contribution < 1.29 is 13.9 Å². The van der Waals surface area contributed by atoms with Crippen molar-refractivity contribution in [3.8, 4) is 5.75 Å². The number of carbonyl (C=O) groups excluding carboxylic acids is 1. The zero-order valence-corrected chi connectivity index (χ0v) is 13.8. The molecule has 2 N–H and O–H groups in total. The van der Waals surface area contributed by atoms with Crippen LogP contribution in [0.15, 0.2) is 42.5 Å². The monoisotopic (exact) mass is 341 g/mol. The summed E-state index contributed by atoms with van der Waals surface area (Å²) in [6, 6.07) is 12.1. The van der Waals surface area contributed by atoms with Gasteiger partial charge in [0.15, 0.2) is 0 Å². The molecule has 1 fully saturated rings. The third-order valence-corrected chi connectivity index (χ3v) is 4.64. The van der Waals surface area contributed by atoms with Gasteiger partial charge in [-0.25, -0.2) is 4.39 Å². The highest BCUT2D eigenvalue weighted by molar-refractivity contribution is 5.97. The fraction of sp³-hybridized carbons (Fsp3) is 0.316. The van der Waals surface area contributed by atoms with Crippen molar-refractivity contribution in [1.29, 1.82) is 0 Å². The summed E-state index contributed by atoms with van der Waals surface area (Å²) in [5.41, 5.74) is 2.90. The van der Waals surface area contributed by atoms with Gasteiger partial charge in [0.2, 0.25) is 5.91 Å². The standard InChI is InChI=1S/C19H20FN3O2/c20-14-2-4-16(5-3-14)25-12-13-1-6-17-18(9-13)23-8-7-21-11-15(23)10-19(24)22-17/h1-6,9,15,21H,7-8,10-12H2,(H,22,24). The zero-order valence-electron chi connectivity index (χ0n) is 13.8. The van der Waals surface area contributed by atoms with Crippen molar-refractivity contribution in [3.63, 3.8) is 0 Å². The van der Waals surface area contributed by atoms with Crippen molar-refractivity contribution in [1.82, 2.24) is 5.32 Å². The lowest BCUT2D eigenvalue weighted by molar-refractivity contribution is -0.116.